The monoisotopic (exact) mass is 317 g/mol. The van der Waals surface area contributed by atoms with Gasteiger partial charge in [0.25, 0.3) is 0 Å². The van der Waals surface area contributed by atoms with Gasteiger partial charge in [-0.2, -0.15) is 0 Å². The zero-order valence-corrected chi connectivity index (χ0v) is 12.9. The third-order valence-electron chi connectivity index (χ3n) is 3.57. The Morgan fingerprint density at radius 3 is 2.52 bits per heavy atom. The highest BCUT2D eigenvalue weighted by atomic mass is 35.5. The van der Waals surface area contributed by atoms with Gasteiger partial charge in [0.2, 0.25) is 0 Å². The lowest BCUT2D eigenvalue weighted by atomic mass is 10.0. The number of halogens is 2. The molecule has 21 heavy (non-hydrogen) atoms. The first-order valence-corrected chi connectivity index (χ1v) is 7.45. The number of carbonyl (C=O) groups excluding carboxylic acids is 1. The lowest BCUT2D eigenvalue weighted by Gasteiger charge is -2.03. The van der Waals surface area contributed by atoms with Crippen molar-refractivity contribution >= 4 is 39.9 Å². The van der Waals surface area contributed by atoms with Gasteiger partial charge in [0.1, 0.15) is 0 Å². The van der Waals surface area contributed by atoms with Crippen molar-refractivity contribution in [3.8, 4) is 0 Å². The van der Waals surface area contributed by atoms with E-state index in [1.54, 1.807) is 18.3 Å². The van der Waals surface area contributed by atoms with Crippen molar-refractivity contribution in [1.29, 1.82) is 0 Å². The Bertz CT molecular complexity index is 819. The second kappa shape index (κ2) is 5.55. The quantitative estimate of drug-likeness (QED) is 0.656. The maximum Gasteiger partial charge on any atom is 0.195 e. The molecule has 0 bridgehead atoms. The van der Waals surface area contributed by atoms with Gasteiger partial charge in [-0.1, -0.05) is 54.4 Å². The molecule has 0 spiro atoms. The number of nitrogens with one attached hydrogen (secondary N) is 1. The molecule has 0 atom stereocenters. The molecular formula is C17H13Cl2NO. The minimum atomic E-state index is -0.0480. The van der Waals surface area contributed by atoms with Crippen molar-refractivity contribution in [3.05, 3.63) is 69.3 Å². The summed E-state index contributed by atoms with van der Waals surface area (Å²) in [5.41, 5.74) is 3.19. The normalized spacial score (nSPS) is 11.0. The van der Waals surface area contributed by atoms with Crippen molar-refractivity contribution < 1.29 is 4.79 Å². The third kappa shape index (κ3) is 2.57. The maximum atomic E-state index is 12.6. The first kappa shape index (κ1) is 14.2. The van der Waals surface area contributed by atoms with Gasteiger partial charge >= 0.3 is 0 Å². The zero-order valence-electron chi connectivity index (χ0n) is 11.4. The number of rotatable bonds is 3. The summed E-state index contributed by atoms with van der Waals surface area (Å²) >= 11 is 12.2. The predicted octanol–water partition coefficient (Wildman–Crippen LogP) is 5.27. The summed E-state index contributed by atoms with van der Waals surface area (Å²) < 4.78 is 0. The molecule has 106 valence electrons. The predicted molar refractivity (Wildman–Crippen MR) is 87.6 cm³/mol. The fourth-order valence-corrected chi connectivity index (χ4v) is 3.00. The lowest BCUT2D eigenvalue weighted by molar-refractivity contribution is 0.104. The first-order valence-electron chi connectivity index (χ1n) is 6.70. The molecule has 1 N–H and O–H groups in total. The molecule has 2 aromatic carbocycles. The van der Waals surface area contributed by atoms with Crippen LogP contribution in [-0.2, 0) is 6.42 Å². The molecule has 4 heteroatoms. The highest BCUT2D eigenvalue weighted by Gasteiger charge is 2.16. The van der Waals surface area contributed by atoms with Crippen LogP contribution in [0.2, 0.25) is 10.0 Å². The SMILES string of the molecule is CCc1ccc(C(=O)c2c[nH]c3cc(Cl)cc(Cl)c23)cc1. The average Bonchev–Trinajstić information content (AvgIpc) is 2.90. The van der Waals surface area contributed by atoms with Gasteiger partial charge in [-0.25, -0.2) is 0 Å². The molecule has 0 aliphatic heterocycles. The van der Waals surface area contributed by atoms with Crippen molar-refractivity contribution in [3.63, 3.8) is 0 Å². The lowest BCUT2D eigenvalue weighted by Crippen LogP contribution is -2.00. The van der Waals surface area contributed by atoms with E-state index in [2.05, 4.69) is 11.9 Å². The molecular weight excluding hydrogens is 305 g/mol. The van der Waals surface area contributed by atoms with E-state index in [1.807, 2.05) is 24.3 Å². The number of carbonyl (C=O) groups is 1. The van der Waals surface area contributed by atoms with Gasteiger partial charge in [-0.05, 0) is 24.1 Å². The minimum Gasteiger partial charge on any atom is -0.360 e. The molecule has 0 saturated carbocycles. The Kier molecular flexibility index (Phi) is 3.75. The number of aromatic nitrogens is 1. The van der Waals surface area contributed by atoms with Gasteiger partial charge in [0.15, 0.2) is 5.78 Å². The van der Waals surface area contributed by atoms with E-state index in [-0.39, 0.29) is 5.78 Å². The molecule has 0 aliphatic carbocycles. The van der Waals surface area contributed by atoms with Gasteiger partial charge < -0.3 is 4.98 Å². The van der Waals surface area contributed by atoms with E-state index in [0.717, 1.165) is 11.9 Å². The van der Waals surface area contributed by atoms with E-state index in [0.29, 0.717) is 26.6 Å². The highest BCUT2D eigenvalue weighted by molar-refractivity contribution is 6.40. The average molecular weight is 318 g/mol. The van der Waals surface area contributed by atoms with Crippen molar-refractivity contribution in [2.45, 2.75) is 13.3 Å². The van der Waals surface area contributed by atoms with E-state index in [4.69, 9.17) is 23.2 Å². The van der Waals surface area contributed by atoms with Crippen molar-refractivity contribution in [2.75, 3.05) is 0 Å². The number of ketones is 1. The Hall–Kier alpha value is -1.77. The maximum absolute atomic E-state index is 12.6. The van der Waals surface area contributed by atoms with E-state index >= 15 is 0 Å². The number of H-pyrrole nitrogens is 1. The Balaban J connectivity index is 2.09. The van der Waals surface area contributed by atoms with Crippen LogP contribution in [-0.4, -0.2) is 10.8 Å². The van der Waals surface area contributed by atoms with Crippen LogP contribution in [0.1, 0.15) is 28.4 Å². The topological polar surface area (TPSA) is 32.9 Å². The molecule has 0 radical (unpaired) electrons. The molecule has 2 nitrogen and oxygen atoms in total. The smallest absolute Gasteiger partial charge is 0.195 e. The molecule has 0 fully saturated rings. The van der Waals surface area contributed by atoms with Gasteiger partial charge in [0, 0.05) is 33.2 Å². The minimum absolute atomic E-state index is 0.0480. The number of aryl methyl sites for hydroxylation is 1. The molecule has 3 aromatic rings. The van der Waals surface area contributed by atoms with E-state index in [9.17, 15) is 4.79 Å². The molecule has 0 amide bonds. The van der Waals surface area contributed by atoms with Crippen LogP contribution >= 0.6 is 23.2 Å². The highest BCUT2D eigenvalue weighted by Crippen LogP contribution is 2.31. The van der Waals surface area contributed by atoms with Crippen LogP contribution in [0.15, 0.2) is 42.6 Å². The van der Waals surface area contributed by atoms with Crippen molar-refractivity contribution in [2.24, 2.45) is 0 Å². The summed E-state index contributed by atoms with van der Waals surface area (Å²) in [6.07, 6.45) is 2.63. The molecule has 0 saturated heterocycles. The summed E-state index contributed by atoms with van der Waals surface area (Å²) in [5.74, 6) is -0.0480. The molecule has 1 heterocycles. The van der Waals surface area contributed by atoms with Crippen LogP contribution < -0.4 is 0 Å². The summed E-state index contributed by atoms with van der Waals surface area (Å²) in [4.78, 5) is 15.7. The Morgan fingerprint density at radius 2 is 1.86 bits per heavy atom. The number of fused-ring (bicyclic) bond motifs is 1. The molecule has 3 rings (SSSR count). The number of hydrogen-bond acceptors (Lipinski definition) is 1. The molecule has 0 unspecified atom stereocenters. The first-order chi connectivity index (χ1) is 10.1. The summed E-state index contributed by atoms with van der Waals surface area (Å²) in [5, 5.41) is 1.73. The Labute approximate surface area is 132 Å². The summed E-state index contributed by atoms with van der Waals surface area (Å²) in [7, 11) is 0. The van der Waals surface area contributed by atoms with Crippen LogP contribution in [0, 0.1) is 0 Å². The second-order valence-electron chi connectivity index (χ2n) is 4.89. The number of benzene rings is 2. The third-order valence-corrected chi connectivity index (χ3v) is 4.08. The van der Waals surface area contributed by atoms with Crippen molar-refractivity contribution in [1.82, 2.24) is 4.98 Å². The number of hydrogen-bond donors (Lipinski definition) is 1. The van der Waals surface area contributed by atoms with Crippen LogP contribution in [0.25, 0.3) is 10.9 Å². The second-order valence-corrected chi connectivity index (χ2v) is 5.74. The summed E-state index contributed by atoms with van der Waals surface area (Å²) in [6, 6.07) is 11.1. The Morgan fingerprint density at radius 1 is 1.14 bits per heavy atom. The van der Waals surface area contributed by atoms with Gasteiger partial charge in [-0.15, -0.1) is 0 Å². The molecule has 1 aromatic heterocycles. The van der Waals surface area contributed by atoms with Crippen LogP contribution in [0.3, 0.4) is 0 Å². The largest absolute Gasteiger partial charge is 0.360 e. The van der Waals surface area contributed by atoms with Crippen LogP contribution in [0.5, 0.6) is 0 Å². The standard InChI is InChI=1S/C17H13Cl2NO/c1-2-10-3-5-11(6-4-10)17(21)13-9-20-15-8-12(18)7-14(19)16(13)15/h3-9,20H,2H2,1H3. The van der Waals surface area contributed by atoms with Gasteiger partial charge in [0.05, 0.1) is 5.02 Å². The van der Waals surface area contributed by atoms with E-state index in [1.165, 1.54) is 5.56 Å². The molecule has 0 aliphatic rings. The summed E-state index contributed by atoms with van der Waals surface area (Å²) in [6.45, 7) is 2.08. The fourth-order valence-electron chi connectivity index (χ4n) is 2.41. The van der Waals surface area contributed by atoms with Crippen LogP contribution in [0.4, 0.5) is 0 Å². The fraction of sp³-hybridized carbons (Fsp3) is 0.118. The number of aromatic amines is 1. The zero-order chi connectivity index (χ0) is 15.0. The van der Waals surface area contributed by atoms with E-state index < -0.39 is 0 Å². The van der Waals surface area contributed by atoms with Gasteiger partial charge in [-0.3, -0.25) is 4.79 Å².